The molecule has 0 aliphatic carbocycles. The average Bonchev–Trinajstić information content (AvgIpc) is 2.60. The molecule has 1 aromatic heterocycles. The number of carbonyl (C=O) groups is 3. The number of pyridine rings is 1. The molecule has 0 spiro atoms. The third-order valence-electron chi connectivity index (χ3n) is 2.83. The minimum atomic E-state index is -0.864. The summed E-state index contributed by atoms with van der Waals surface area (Å²) >= 11 is 5.68. The van der Waals surface area contributed by atoms with E-state index in [1.54, 1.807) is 0 Å². The number of halogens is 1. The van der Waals surface area contributed by atoms with Gasteiger partial charge in [0.15, 0.2) is 0 Å². The van der Waals surface area contributed by atoms with E-state index < -0.39 is 17.9 Å². The SMILES string of the molecule is CN1C(=O)CC(NC(=O)c2cc(Cl)ncc2N)C1=O. The molecule has 19 heavy (non-hydrogen) atoms. The Morgan fingerprint density at radius 2 is 2.26 bits per heavy atom. The standard InChI is InChI=1S/C11H11ClN4O3/c1-16-9(17)3-7(11(16)19)15-10(18)5-2-8(12)14-4-6(5)13/h2,4,7H,3,13H2,1H3,(H,15,18). The summed E-state index contributed by atoms with van der Waals surface area (Å²) in [6, 6.07) is 0.438. The van der Waals surface area contributed by atoms with E-state index in [0.29, 0.717) is 0 Å². The zero-order valence-electron chi connectivity index (χ0n) is 10.0. The highest BCUT2D eigenvalue weighted by molar-refractivity contribution is 6.30. The molecule has 1 unspecified atom stereocenters. The molecule has 7 nitrogen and oxygen atoms in total. The molecule has 0 bridgehead atoms. The summed E-state index contributed by atoms with van der Waals surface area (Å²) in [5.74, 6) is -1.35. The van der Waals surface area contributed by atoms with Crippen molar-refractivity contribution >= 4 is 35.0 Å². The molecule has 0 aromatic carbocycles. The fraction of sp³-hybridized carbons (Fsp3) is 0.273. The third kappa shape index (κ3) is 2.50. The van der Waals surface area contributed by atoms with Crippen molar-refractivity contribution in [1.29, 1.82) is 0 Å². The van der Waals surface area contributed by atoms with Crippen LogP contribution in [-0.4, -0.2) is 40.7 Å². The van der Waals surface area contributed by atoms with Gasteiger partial charge >= 0.3 is 0 Å². The smallest absolute Gasteiger partial charge is 0.254 e. The molecule has 1 fully saturated rings. The Balaban J connectivity index is 2.16. The normalized spacial score (nSPS) is 18.8. The van der Waals surface area contributed by atoms with E-state index >= 15 is 0 Å². The molecule has 100 valence electrons. The van der Waals surface area contributed by atoms with Crippen molar-refractivity contribution in [3.8, 4) is 0 Å². The number of hydrogen-bond acceptors (Lipinski definition) is 5. The van der Waals surface area contributed by atoms with Crippen molar-refractivity contribution in [2.75, 3.05) is 12.8 Å². The molecule has 3 N–H and O–H groups in total. The molecular weight excluding hydrogens is 272 g/mol. The monoisotopic (exact) mass is 282 g/mol. The maximum Gasteiger partial charge on any atom is 0.254 e. The van der Waals surface area contributed by atoms with E-state index in [0.717, 1.165) is 4.90 Å². The third-order valence-corrected chi connectivity index (χ3v) is 3.04. The molecule has 3 amide bonds. The van der Waals surface area contributed by atoms with Gasteiger partial charge in [-0.1, -0.05) is 11.6 Å². The Morgan fingerprint density at radius 1 is 1.58 bits per heavy atom. The topological polar surface area (TPSA) is 105 Å². The van der Waals surface area contributed by atoms with Crippen LogP contribution in [0.15, 0.2) is 12.3 Å². The number of nitrogens with one attached hydrogen (secondary N) is 1. The van der Waals surface area contributed by atoms with Crippen LogP contribution in [0, 0.1) is 0 Å². The van der Waals surface area contributed by atoms with Crippen LogP contribution in [0.5, 0.6) is 0 Å². The van der Waals surface area contributed by atoms with Crippen LogP contribution in [-0.2, 0) is 9.59 Å². The van der Waals surface area contributed by atoms with Gasteiger partial charge in [-0.25, -0.2) is 4.98 Å². The number of aromatic nitrogens is 1. The van der Waals surface area contributed by atoms with E-state index in [9.17, 15) is 14.4 Å². The summed E-state index contributed by atoms with van der Waals surface area (Å²) in [6.07, 6.45) is 1.20. The Labute approximate surface area is 113 Å². The molecule has 8 heteroatoms. The van der Waals surface area contributed by atoms with E-state index in [4.69, 9.17) is 17.3 Å². The maximum atomic E-state index is 12.0. The van der Waals surface area contributed by atoms with Gasteiger partial charge < -0.3 is 11.1 Å². The molecule has 0 radical (unpaired) electrons. The second-order valence-electron chi connectivity index (χ2n) is 4.12. The first-order valence-corrected chi connectivity index (χ1v) is 5.80. The molecule has 2 heterocycles. The summed E-state index contributed by atoms with van der Waals surface area (Å²) in [4.78, 5) is 39.7. The predicted molar refractivity (Wildman–Crippen MR) is 67.3 cm³/mol. The summed E-state index contributed by atoms with van der Waals surface area (Å²) in [5, 5.41) is 2.57. The number of likely N-dealkylation sites (tertiary alicyclic amines) is 1. The van der Waals surface area contributed by atoms with Crippen LogP contribution in [0.2, 0.25) is 5.15 Å². The zero-order valence-corrected chi connectivity index (χ0v) is 10.8. The van der Waals surface area contributed by atoms with E-state index in [1.807, 2.05) is 0 Å². The number of nitrogens with zero attached hydrogens (tertiary/aromatic N) is 2. The predicted octanol–water partition coefficient (Wildman–Crippen LogP) is -0.196. The number of nitrogen functional groups attached to an aromatic ring is 1. The molecule has 1 saturated heterocycles. The molecule has 1 aromatic rings. The van der Waals surface area contributed by atoms with E-state index in [-0.39, 0.29) is 28.7 Å². The Bertz CT molecular complexity index is 575. The molecular formula is C11H11ClN4O3. The molecule has 1 aliphatic heterocycles. The van der Waals surface area contributed by atoms with Gasteiger partial charge in [-0.15, -0.1) is 0 Å². The number of imide groups is 1. The molecule has 1 aliphatic rings. The van der Waals surface area contributed by atoms with Gasteiger partial charge in [-0.05, 0) is 6.07 Å². The number of rotatable bonds is 2. The largest absolute Gasteiger partial charge is 0.397 e. The van der Waals surface area contributed by atoms with Crippen LogP contribution in [0.4, 0.5) is 5.69 Å². The van der Waals surface area contributed by atoms with Crippen molar-refractivity contribution in [3.05, 3.63) is 23.0 Å². The second-order valence-corrected chi connectivity index (χ2v) is 4.50. The highest BCUT2D eigenvalue weighted by Gasteiger charge is 2.37. The maximum absolute atomic E-state index is 12.0. The highest BCUT2D eigenvalue weighted by atomic mass is 35.5. The van der Waals surface area contributed by atoms with Gasteiger partial charge in [0, 0.05) is 7.05 Å². The lowest BCUT2D eigenvalue weighted by Crippen LogP contribution is -2.40. The molecule has 0 saturated carbocycles. The van der Waals surface area contributed by atoms with Gasteiger partial charge in [-0.3, -0.25) is 19.3 Å². The number of amides is 3. The van der Waals surface area contributed by atoms with Crippen molar-refractivity contribution in [3.63, 3.8) is 0 Å². The second kappa shape index (κ2) is 4.85. The average molecular weight is 283 g/mol. The molecule has 1 atom stereocenters. The van der Waals surface area contributed by atoms with Gasteiger partial charge in [0.25, 0.3) is 11.8 Å². The van der Waals surface area contributed by atoms with Gasteiger partial charge in [0.05, 0.1) is 23.9 Å². The lowest BCUT2D eigenvalue weighted by molar-refractivity contribution is -0.137. The number of likely N-dealkylation sites (N-methyl/N-ethyl adjacent to an activating group) is 1. The Morgan fingerprint density at radius 3 is 2.84 bits per heavy atom. The summed E-state index contributed by atoms with van der Waals surface area (Å²) in [5.41, 5.74) is 5.88. The van der Waals surface area contributed by atoms with Crippen LogP contribution >= 0.6 is 11.6 Å². The van der Waals surface area contributed by atoms with Crippen LogP contribution < -0.4 is 11.1 Å². The lowest BCUT2D eigenvalue weighted by atomic mass is 10.2. The summed E-state index contributed by atoms with van der Waals surface area (Å²) < 4.78 is 0. The van der Waals surface area contributed by atoms with Gasteiger partial charge in [0.2, 0.25) is 5.91 Å². The zero-order chi connectivity index (χ0) is 14.2. The van der Waals surface area contributed by atoms with Gasteiger partial charge in [0.1, 0.15) is 11.2 Å². The van der Waals surface area contributed by atoms with Crippen molar-refractivity contribution < 1.29 is 14.4 Å². The number of anilines is 1. The summed E-state index contributed by atoms with van der Waals surface area (Å²) in [6.45, 7) is 0. The van der Waals surface area contributed by atoms with Gasteiger partial charge in [-0.2, -0.15) is 0 Å². The van der Waals surface area contributed by atoms with Crippen molar-refractivity contribution in [2.45, 2.75) is 12.5 Å². The quantitative estimate of drug-likeness (QED) is 0.577. The number of hydrogen-bond donors (Lipinski definition) is 2. The first kappa shape index (κ1) is 13.3. The molecule has 2 rings (SSSR count). The fourth-order valence-corrected chi connectivity index (χ4v) is 1.90. The minimum Gasteiger partial charge on any atom is -0.397 e. The highest BCUT2D eigenvalue weighted by Crippen LogP contribution is 2.16. The van der Waals surface area contributed by atoms with E-state index in [1.165, 1.54) is 19.3 Å². The van der Waals surface area contributed by atoms with Crippen molar-refractivity contribution in [1.82, 2.24) is 15.2 Å². The van der Waals surface area contributed by atoms with Crippen LogP contribution in [0.3, 0.4) is 0 Å². The Kier molecular flexibility index (Phi) is 3.39. The van der Waals surface area contributed by atoms with Crippen LogP contribution in [0.25, 0.3) is 0 Å². The van der Waals surface area contributed by atoms with Crippen molar-refractivity contribution in [2.24, 2.45) is 0 Å². The first-order chi connectivity index (χ1) is 8.90. The fourth-order valence-electron chi connectivity index (χ4n) is 1.74. The van der Waals surface area contributed by atoms with Crippen LogP contribution in [0.1, 0.15) is 16.8 Å². The number of nitrogens with two attached hydrogens (primary N) is 1. The minimum absolute atomic E-state index is 0.0558. The summed E-state index contributed by atoms with van der Waals surface area (Å²) in [7, 11) is 1.37. The lowest BCUT2D eigenvalue weighted by Gasteiger charge is -2.12. The number of carbonyl (C=O) groups excluding carboxylic acids is 3. The van der Waals surface area contributed by atoms with E-state index in [2.05, 4.69) is 10.3 Å². The Hall–Kier alpha value is -2.15. The first-order valence-electron chi connectivity index (χ1n) is 5.42.